The van der Waals surface area contributed by atoms with Crippen molar-refractivity contribution in [3.63, 3.8) is 0 Å². The summed E-state index contributed by atoms with van der Waals surface area (Å²) < 4.78 is 0. The van der Waals surface area contributed by atoms with Crippen LogP contribution in [0.15, 0.2) is 30.3 Å². The average molecular weight is 244 g/mol. The van der Waals surface area contributed by atoms with Gasteiger partial charge in [0.25, 0.3) is 0 Å². The van der Waals surface area contributed by atoms with E-state index < -0.39 is 0 Å². The molecule has 1 aromatic rings. The molecule has 1 aromatic carbocycles. The minimum absolute atomic E-state index is 0.172. The van der Waals surface area contributed by atoms with E-state index in [1.807, 2.05) is 18.2 Å². The van der Waals surface area contributed by atoms with Crippen molar-refractivity contribution in [2.45, 2.75) is 46.2 Å². The Morgan fingerprint density at radius 1 is 1.22 bits per heavy atom. The molecule has 0 aliphatic rings. The molecule has 0 heterocycles. The lowest BCUT2D eigenvalue weighted by molar-refractivity contribution is 0.0985. The van der Waals surface area contributed by atoms with Crippen LogP contribution in [0.1, 0.15) is 45.7 Å². The third kappa shape index (κ3) is 3.58. The number of hydrogen-bond acceptors (Lipinski definition) is 2. The Bertz CT molecular complexity index is 397. The maximum atomic E-state index is 9.05. The highest BCUT2D eigenvalue weighted by Crippen LogP contribution is 2.31. The molecule has 0 saturated carbocycles. The van der Waals surface area contributed by atoms with Gasteiger partial charge < -0.3 is 0 Å². The van der Waals surface area contributed by atoms with Crippen LogP contribution >= 0.6 is 0 Å². The van der Waals surface area contributed by atoms with E-state index in [4.69, 9.17) is 5.26 Å². The highest BCUT2D eigenvalue weighted by atomic mass is 15.2. The van der Waals surface area contributed by atoms with Crippen molar-refractivity contribution in [3.05, 3.63) is 35.9 Å². The summed E-state index contributed by atoms with van der Waals surface area (Å²) in [5, 5.41) is 9.05. The number of benzene rings is 1. The Kier molecular flexibility index (Phi) is 4.93. The van der Waals surface area contributed by atoms with Crippen molar-refractivity contribution in [3.8, 4) is 6.07 Å². The van der Waals surface area contributed by atoms with E-state index in [1.165, 1.54) is 5.56 Å². The fourth-order valence-electron chi connectivity index (χ4n) is 2.14. The Labute approximate surface area is 111 Å². The summed E-state index contributed by atoms with van der Waals surface area (Å²) >= 11 is 0. The molecule has 0 amide bonds. The van der Waals surface area contributed by atoms with Gasteiger partial charge in [0, 0.05) is 12.1 Å². The van der Waals surface area contributed by atoms with Gasteiger partial charge >= 0.3 is 0 Å². The molecule has 0 bridgehead atoms. The first kappa shape index (κ1) is 14.7. The normalized spacial score (nSPS) is 15.2. The second-order valence-corrected chi connectivity index (χ2v) is 6.00. The monoisotopic (exact) mass is 244 g/mol. The molecule has 0 saturated heterocycles. The first-order valence-corrected chi connectivity index (χ1v) is 6.51. The van der Waals surface area contributed by atoms with E-state index in [0.717, 1.165) is 0 Å². The number of nitriles is 1. The van der Waals surface area contributed by atoms with Crippen LogP contribution in [-0.2, 0) is 0 Å². The molecule has 0 fully saturated rings. The first-order chi connectivity index (χ1) is 8.38. The molecule has 2 atom stereocenters. The van der Waals surface area contributed by atoms with E-state index >= 15 is 0 Å². The van der Waals surface area contributed by atoms with Crippen LogP contribution < -0.4 is 0 Å². The first-order valence-electron chi connectivity index (χ1n) is 6.51. The van der Waals surface area contributed by atoms with Gasteiger partial charge in [-0.1, -0.05) is 51.1 Å². The van der Waals surface area contributed by atoms with Crippen molar-refractivity contribution in [2.24, 2.45) is 5.41 Å². The highest BCUT2D eigenvalue weighted by Gasteiger charge is 2.29. The van der Waals surface area contributed by atoms with Gasteiger partial charge in [-0.3, -0.25) is 4.90 Å². The van der Waals surface area contributed by atoms with Gasteiger partial charge in [-0.05, 0) is 24.9 Å². The fraction of sp³-hybridized carbons (Fsp3) is 0.562. The van der Waals surface area contributed by atoms with Gasteiger partial charge in [0.1, 0.15) is 0 Å². The standard InChI is InChI=1S/C16H24N2/c1-13(16(2,3)4)18(5)15(11-12-17)14-9-7-6-8-10-14/h6-10,13,15H,11H2,1-5H3. The van der Waals surface area contributed by atoms with Gasteiger partial charge in [0.15, 0.2) is 0 Å². The van der Waals surface area contributed by atoms with Crippen molar-refractivity contribution in [1.82, 2.24) is 4.90 Å². The van der Waals surface area contributed by atoms with E-state index in [2.05, 4.69) is 57.8 Å². The second-order valence-electron chi connectivity index (χ2n) is 6.00. The topological polar surface area (TPSA) is 27.0 Å². The lowest BCUT2D eigenvalue weighted by Crippen LogP contribution is -2.41. The van der Waals surface area contributed by atoms with Crippen LogP contribution in [0.3, 0.4) is 0 Å². The Balaban J connectivity index is 2.97. The van der Waals surface area contributed by atoms with Gasteiger partial charge in [0.05, 0.1) is 12.5 Å². The molecule has 1 rings (SSSR count). The molecule has 2 unspecified atom stereocenters. The fourth-order valence-corrected chi connectivity index (χ4v) is 2.14. The van der Waals surface area contributed by atoms with E-state index in [1.54, 1.807) is 0 Å². The summed E-state index contributed by atoms with van der Waals surface area (Å²) in [6.07, 6.45) is 0.529. The number of rotatable bonds is 4. The molecule has 0 radical (unpaired) electrons. The Morgan fingerprint density at radius 2 is 1.78 bits per heavy atom. The molecule has 0 spiro atoms. The van der Waals surface area contributed by atoms with Crippen LogP contribution in [0.4, 0.5) is 0 Å². The smallest absolute Gasteiger partial charge is 0.0641 e. The minimum Gasteiger partial charge on any atom is -0.295 e. The van der Waals surface area contributed by atoms with Crippen molar-refractivity contribution in [2.75, 3.05) is 7.05 Å². The zero-order chi connectivity index (χ0) is 13.8. The largest absolute Gasteiger partial charge is 0.295 e. The molecule has 98 valence electrons. The minimum atomic E-state index is 0.172. The molecule has 0 aromatic heterocycles. The van der Waals surface area contributed by atoms with E-state index in [9.17, 15) is 0 Å². The Hall–Kier alpha value is -1.33. The van der Waals surface area contributed by atoms with Crippen LogP contribution in [0.2, 0.25) is 0 Å². The quantitative estimate of drug-likeness (QED) is 0.800. The molecule has 18 heavy (non-hydrogen) atoms. The van der Waals surface area contributed by atoms with E-state index in [0.29, 0.717) is 12.5 Å². The van der Waals surface area contributed by atoms with Crippen LogP contribution in [0, 0.1) is 16.7 Å². The predicted molar refractivity (Wildman–Crippen MR) is 76.1 cm³/mol. The summed E-state index contributed by atoms with van der Waals surface area (Å²) in [4.78, 5) is 2.32. The van der Waals surface area contributed by atoms with Crippen molar-refractivity contribution >= 4 is 0 Å². The van der Waals surface area contributed by atoms with Crippen LogP contribution in [-0.4, -0.2) is 18.0 Å². The lowest BCUT2D eigenvalue weighted by Gasteiger charge is -2.39. The SMILES string of the molecule is CC(N(C)C(CC#N)c1ccccc1)C(C)(C)C. The van der Waals surface area contributed by atoms with Crippen LogP contribution in [0.5, 0.6) is 0 Å². The van der Waals surface area contributed by atoms with Gasteiger partial charge in [-0.15, -0.1) is 0 Å². The molecular weight excluding hydrogens is 220 g/mol. The third-order valence-electron chi connectivity index (χ3n) is 3.82. The summed E-state index contributed by atoms with van der Waals surface area (Å²) in [6, 6.07) is 13.2. The highest BCUT2D eigenvalue weighted by molar-refractivity contribution is 5.20. The number of hydrogen-bond donors (Lipinski definition) is 0. The second kappa shape index (κ2) is 6.02. The van der Waals surface area contributed by atoms with Gasteiger partial charge in [-0.2, -0.15) is 5.26 Å². The zero-order valence-corrected chi connectivity index (χ0v) is 12.1. The summed E-state index contributed by atoms with van der Waals surface area (Å²) in [7, 11) is 2.12. The van der Waals surface area contributed by atoms with Crippen molar-refractivity contribution in [1.29, 1.82) is 5.26 Å². The molecule has 0 N–H and O–H groups in total. The molecule has 0 aliphatic carbocycles. The summed E-state index contributed by atoms with van der Waals surface area (Å²) in [5.74, 6) is 0. The maximum absolute atomic E-state index is 9.05. The molecule has 2 nitrogen and oxygen atoms in total. The lowest BCUT2D eigenvalue weighted by atomic mass is 9.85. The molecule has 2 heteroatoms. The third-order valence-corrected chi connectivity index (χ3v) is 3.82. The van der Waals surface area contributed by atoms with Gasteiger partial charge in [0.2, 0.25) is 0 Å². The maximum Gasteiger partial charge on any atom is 0.0641 e. The summed E-state index contributed by atoms with van der Waals surface area (Å²) in [6.45, 7) is 8.95. The molecule has 0 aliphatic heterocycles. The van der Waals surface area contributed by atoms with Gasteiger partial charge in [-0.25, -0.2) is 0 Å². The van der Waals surface area contributed by atoms with Crippen molar-refractivity contribution < 1.29 is 0 Å². The molecular formula is C16H24N2. The Morgan fingerprint density at radius 3 is 2.22 bits per heavy atom. The average Bonchev–Trinajstić information content (AvgIpc) is 2.34. The van der Waals surface area contributed by atoms with E-state index in [-0.39, 0.29) is 11.5 Å². The predicted octanol–water partition coefficient (Wildman–Crippen LogP) is 4.01. The zero-order valence-electron chi connectivity index (χ0n) is 12.1. The number of nitrogens with zero attached hydrogens (tertiary/aromatic N) is 2. The van der Waals surface area contributed by atoms with Crippen LogP contribution in [0.25, 0.3) is 0 Å². The summed E-state index contributed by atoms with van der Waals surface area (Å²) in [5.41, 5.74) is 1.43.